The summed E-state index contributed by atoms with van der Waals surface area (Å²) in [5.41, 5.74) is 0.727. The monoisotopic (exact) mass is 616 g/mol. The first-order valence-electron chi connectivity index (χ1n) is 13.2. The van der Waals surface area contributed by atoms with Crippen LogP contribution in [0.4, 0.5) is 11.4 Å². The number of ether oxygens (including phenoxy) is 2. The summed E-state index contributed by atoms with van der Waals surface area (Å²) in [6, 6.07) is 20.3. The number of non-ortho nitro benzene ring substituents is 1. The van der Waals surface area contributed by atoms with Crippen LogP contribution in [0.5, 0.6) is 0 Å². The summed E-state index contributed by atoms with van der Waals surface area (Å²) in [6.07, 6.45) is 0.326. The molecule has 14 heteroatoms. The Morgan fingerprint density at radius 3 is 2.23 bits per heavy atom. The van der Waals surface area contributed by atoms with Gasteiger partial charge in [0, 0.05) is 30.5 Å². The van der Waals surface area contributed by atoms with E-state index in [4.69, 9.17) is 9.47 Å². The van der Waals surface area contributed by atoms with E-state index in [1.54, 1.807) is 0 Å². The molecule has 0 spiro atoms. The van der Waals surface area contributed by atoms with Gasteiger partial charge in [0.2, 0.25) is 0 Å². The van der Waals surface area contributed by atoms with Crippen molar-refractivity contribution in [2.24, 2.45) is 4.99 Å². The highest BCUT2D eigenvalue weighted by Crippen LogP contribution is 2.43. The molecule has 0 aromatic heterocycles. The van der Waals surface area contributed by atoms with Crippen molar-refractivity contribution in [1.82, 2.24) is 4.90 Å². The molecule has 2 atom stereocenters. The van der Waals surface area contributed by atoms with Gasteiger partial charge in [-0.05, 0) is 17.2 Å². The number of hydrogen-bond donors (Lipinski definition) is 0. The van der Waals surface area contributed by atoms with E-state index >= 15 is 0 Å². The van der Waals surface area contributed by atoms with E-state index in [0.29, 0.717) is 16.7 Å². The van der Waals surface area contributed by atoms with Gasteiger partial charge in [-0.2, -0.15) is 0 Å². The van der Waals surface area contributed by atoms with Gasteiger partial charge in [-0.25, -0.2) is 4.79 Å². The number of esters is 2. The number of hydrogen-bond acceptors (Lipinski definition) is 11. The quantitative estimate of drug-likeness (QED) is 0.105. The smallest absolute Gasteiger partial charge is 0.356 e. The molecule has 224 valence electrons. The molecule has 13 nitrogen and oxygen atoms in total. The third kappa shape index (κ3) is 6.20. The third-order valence-electron chi connectivity index (χ3n) is 6.89. The van der Waals surface area contributed by atoms with Gasteiger partial charge in [0.1, 0.15) is 17.7 Å². The van der Waals surface area contributed by atoms with Gasteiger partial charge in [-0.15, -0.1) is 11.8 Å². The summed E-state index contributed by atoms with van der Waals surface area (Å²) >= 11 is 1.28. The first-order chi connectivity index (χ1) is 21.2. The minimum atomic E-state index is -0.994. The summed E-state index contributed by atoms with van der Waals surface area (Å²) < 4.78 is 11.2. The lowest BCUT2D eigenvalue weighted by Gasteiger charge is -2.48. The van der Waals surface area contributed by atoms with E-state index in [1.807, 2.05) is 60.7 Å². The summed E-state index contributed by atoms with van der Waals surface area (Å²) in [6.45, 7) is 1.00. The summed E-state index contributed by atoms with van der Waals surface area (Å²) in [5.74, 6) is -1.70. The molecule has 3 aromatic carbocycles. The number of rotatable bonds is 10. The van der Waals surface area contributed by atoms with Gasteiger partial charge in [0.05, 0.1) is 21.5 Å². The van der Waals surface area contributed by atoms with Crippen molar-refractivity contribution in [2.45, 2.75) is 24.4 Å². The fourth-order valence-corrected chi connectivity index (χ4v) is 6.10. The topological polar surface area (TPSA) is 172 Å². The maximum absolute atomic E-state index is 13.8. The van der Waals surface area contributed by atoms with Crippen LogP contribution in [-0.4, -0.2) is 62.6 Å². The van der Waals surface area contributed by atoms with E-state index in [2.05, 4.69) is 4.99 Å². The largest absolute Gasteiger partial charge is 0.461 e. The zero-order valence-electron chi connectivity index (χ0n) is 23.1. The van der Waals surface area contributed by atoms with Crippen LogP contribution in [0.1, 0.15) is 29.7 Å². The number of β-lactam (4-membered cyclic amide) rings is 1. The number of nitrogens with zero attached hydrogens (tertiary/aromatic N) is 4. The Kier molecular flexibility index (Phi) is 8.81. The molecule has 2 heterocycles. The highest BCUT2D eigenvalue weighted by molar-refractivity contribution is 8.00. The molecule has 1 saturated heterocycles. The fourth-order valence-electron chi connectivity index (χ4n) is 4.78. The Labute approximate surface area is 254 Å². The Balaban J connectivity index is 1.44. The number of benzene rings is 3. The number of fused-ring (bicyclic) bond motifs is 1. The molecular weight excluding hydrogens is 592 g/mol. The second-order valence-electron chi connectivity index (χ2n) is 9.73. The molecule has 0 saturated carbocycles. The number of thioether (sulfide) groups is 1. The lowest BCUT2D eigenvalue weighted by atomic mass is 10.0. The number of aliphatic imine (C=N–C) groups is 1. The summed E-state index contributed by atoms with van der Waals surface area (Å²) in [7, 11) is 0. The lowest BCUT2D eigenvalue weighted by Crippen LogP contribution is -2.64. The zero-order chi connectivity index (χ0) is 31.4. The average molecular weight is 617 g/mol. The average Bonchev–Trinajstić information content (AvgIpc) is 3.02. The molecule has 3 aromatic rings. The fraction of sp³-hybridized carbons (Fsp3) is 0.200. The molecular formula is C30H24N4O9S. The van der Waals surface area contributed by atoms with Crippen LogP contribution < -0.4 is 0 Å². The van der Waals surface area contributed by atoms with Gasteiger partial charge in [-0.3, -0.25) is 39.7 Å². The Hall–Kier alpha value is -5.37. The number of carbonyl (C=O) groups excluding carboxylic acids is 3. The number of amides is 1. The van der Waals surface area contributed by atoms with Crippen molar-refractivity contribution in [3.63, 3.8) is 0 Å². The summed E-state index contributed by atoms with van der Waals surface area (Å²) in [4.78, 5) is 65.4. The van der Waals surface area contributed by atoms with Crippen molar-refractivity contribution in [2.75, 3.05) is 12.4 Å². The van der Waals surface area contributed by atoms with E-state index < -0.39 is 56.6 Å². The molecule has 1 amide bonds. The van der Waals surface area contributed by atoms with Gasteiger partial charge in [-0.1, -0.05) is 60.7 Å². The molecule has 44 heavy (non-hydrogen) atoms. The second kappa shape index (κ2) is 12.9. The molecule has 0 bridgehead atoms. The van der Waals surface area contributed by atoms with Crippen LogP contribution in [0, 0.1) is 20.2 Å². The standard InChI is InChI=1S/C30H24N4O9S/c1-18(35)42-16-22-17-44-29-25(31-15-21-12-13-23(33(38)39)14-24(21)34(40)41)28(36)32(29)26(22)30(37)43-27(19-8-4-2-5-9-19)20-10-6-3-7-11-20/h2-15,25,27,29H,16-17H2,1H3/t25-,29-/m1/s1. The maximum Gasteiger partial charge on any atom is 0.356 e. The third-order valence-corrected chi connectivity index (χ3v) is 8.21. The molecule has 0 unspecified atom stereocenters. The zero-order valence-corrected chi connectivity index (χ0v) is 23.9. The SMILES string of the molecule is CC(=O)OCC1=C(C(=O)OC(c2ccccc2)c2ccccc2)N2C(=O)[C@@H](N=Cc3ccc([N+](=O)[O-])cc3[N+](=O)[O-])[C@H]2SC1. The molecule has 2 aliphatic rings. The molecule has 0 N–H and O–H groups in total. The normalized spacial score (nSPS) is 17.7. The number of carbonyl (C=O) groups is 3. The van der Waals surface area contributed by atoms with E-state index in [-0.39, 0.29) is 23.6 Å². The van der Waals surface area contributed by atoms with E-state index in [9.17, 15) is 34.6 Å². The Bertz CT molecular complexity index is 1660. The highest BCUT2D eigenvalue weighted by Gasteiger charge is 2.54. The second-order valence-corrected chi connectivity index (χ2v) is 10.8. The van der Waals surface area contributed by atoms with Gasteiger partial charge in [0.25, 0.3) is 17.3 Å². The van der Waals surface area contributed by atoms with Gasteiger partial charge >= 0.3 is 11.9 Å². The van der Waals surface area contributed by atoms with Crippen LogP contribution in [0.2, 0.25) is 0 Å². The molecule has 5 rings (SSSR count). The van der Waals surface area contributed by atoms with Crippen LogP contribution >= 0.6 is 11.8 Å². The van der Waals surface area contributed by atoms with Crippen LogP contribution in [-0.2, 0) is 23.9 Å². The van der Waals surface area contributed by atoms with Crippen molar-refractivity contribution >= 4 is 47.2 Å². The molecule has 0 radical (unpaired) electrons. The predicted molar refractivity (Wildman–Crippen MR) is 159 cm³/mol. The van der Waals surface area contributed by atoms with Crippen molar-refractivity contribution in [1.29, 1.82) is 0 Å². The molecule has 2 aliphatic heterocycles. The predicted octanol–water partition coefficient (Wildman–Crippen LogP) is 4.36. The van der Waals surface area contributed by atoms with E-state index in [0.717, 1.165) is 18.3 Å². The minimum absolute atomic E-state index is 0.0213. The van der Waals surface area contributed by atoms with Crippen molar-refractivity contribution < 1.29 is 33.7 Å². The first kappa shape index (κ1) is 30.1. The van der Waals surface area contributed by atoms with Crippen LogP contribution in [0.3, 0.4) is 0 Å². The van der Waals surface area contributed by atoms with Gasteiger partial charge in [0.15, 0.2) is 12.1 Å². The molecule has 0 aliphatic carbocycles. The lowest BCUT2D eigenvalue weighted by molar-refractivity contribution is -0.394. The number of nitro groups is 2. The summed E-state index contributed by atoms with van der Waals surface area (Å²) in [5, 5.41) is 21.9. The van der Waals surface area contributed by atoms with Crippen molar-refractivity contribution in [3.8, 4) is 0 Å². The minimum Gasteiger partial charge on any atom is -0.461 e. The van der Waals surface area contributed by atoms with E-state index in [1.165, 1.54) is 29.7 Å². The Morgan fingerprint density at radius 2 is 1.66 bits per heavy atom. The highest BCUT2D eigenvalue weighted by atomic mass is 32.2. The maximum atomic E-state index is 13.8. The van der Waals surface area contributed by atoms with Crippen LogP contribution in [0.15, 0.2) is 95.1 Å². The van der Waals surface area contributed by atoms with Crippen molar-refractivity contribution in [3.05, 3.63) is 127 Å². The molecule has 1 fully saturated rings. The Morgan fingerprint density at radius 1 is 1.02 bits per heavy atom. The number of nitro benzene ring substituents is 2. The van der Waals surface area contributed by atoms with Gasteiger partial charge < -0.3 is 9.47 Å². The first-order valence-corrected chi connectivity index (χ1v) is 14.3. The van der Waals surface area contributed by atoms with Crippen LogP contribution in [0.25, 0.3) is 0 Å².